The Morgan fingerprint density at radius 1 is 1.28 bits per heavy atom. The molecule has 2 aromatic rings. The molecule has 25 heavy (non-hydrogen) atoms. The van der Waals surface area contributed by atoms with Crippen LogP contribution in [0.4, 0.5) is 5.82 Å². The van der Waals surface area contributed by atoms with E-state index in [0.717, 1.165) is 25.9 Å². The second-order valence-electron chi connectivity index (χ2n) is 5.85. The highest BCUT2D eigenvalue weighted by atomic mass is 16.5. The number of rotatable bonds is 6. The van der Waals surface area contributed by atoms with Gasteiger partial charge in [0.05, 0.1) is 6.33 Å². The summed E-state index contributed by atoms with van der Waals surface area (Å²) in [6.07, 6.45) is 5.68. The number of carboxylic acid groups (broad SMARTS) is 1. The first-order valence-corrected chi connectivity index (χ1v) is 8.12. The average molecular weight is 344 g/mol. The van der Waals surface area contributed by atoms with Gasteiger partial charge in [0.25, 0.3) is 5.91 Å². The van der Waals surface area contributed by atoms with Crippen LogP contribution in [-0.2, 0) is 4.79 Å². The fourth-order valence-electron chi connectivity index (χ4n) is 2.74. The van der Waals surface area contributed by atoms with Crippen LogP contribution in [0.25, 0.3) is 0 Å². The molecule has 8 heteroatoms. The molecule has 0 atom stereocenters. The molecular weight excluding hydrogens is 324 g/mol. The Morgan fingerprint density at radius 2 is 2.00 bits per heavy atom. The molecule has 2 heterocycles. The minimum Gasteiger partial charge on any atom is -0.482 e. The summed E-state index contributed by atoms with van der Waals surface area (Å²) in [5.41, 5.74) is 0.444. The summed E-state index contributed by atoms with van der Waals surface area (Å²) in [7, 11) is 0. The summed E-state index contributed by atoms with van der Waals surface area (Å²) < 4.78 is 7.08. The summed E-state index contributed by atoms with van der Waals surface area (Å²) in [5.74, 6) is -0.421. The van der Waals surface area contributed by atoms with Gasteiger partial charge in [-0.05, 0) is 50.2 Å². The van der Waals surface area contributed by atoms with E-state index in [1.54, 1.807) is 30.6 Å². The van der Waals surface area contributed by atoms with Gasteiger partial charge in [0, 0.05) is 17.8 Å². The Morgan fingerprint density at radius 3 is 2.68 bits per heavy atom. The Hall–Kier alpha value is -2.87. The predicted molar refractivity (Wildman–Crippen MR) is 90.9 cm³/mol. The monoisotopic (exact) mass is 344 g/mol. The van der Waals surface area contributed by atoms with Crippen LogP contribution in [0.1, 0.15) is 29.2 Å². The number of hydrogen-bond acceptors (Lipinski definition) is 5. The lowest BCUT2D eigenvalue weighted by Gasteiger charge is -2.23. The molecule has 1 aromatic carbocycles. The van der Waals surface area contributed by atoms with Gasteiger partial charge < -0.3 is 25.0 Å². The van der Waals surface area contributed by atoms with Crippen molar-refractivity contribution >= 4 is 17.7 Å². The van der Waals surface area contributed by atoms with Crippen LogP contribution < -0.4 is 15.4 Å². The average Bonchev–Trinajstić information content (AvgIpc) is 3.09. The van der Waals surface area contributed by atoms with E-state index in [1.807, 2.05) is 10.8 Å². The number of nitrogens with zero attached hydrogens (tertiary/aromatic N) is 2. The van der Waals surface area contributed by atoms with Crippen molar-refractivity contribution in [1.82, 2.24) is 14.9 Å². The highest BCUT2D eigenvalue weighted by molar-refractivity contribution is 6.03. The number of aliphatic carboxylic acids is 1. The zero-order valence-electron chi connectivity index (χ0n) is 13.6. The van der Waals surface area contributed by atoms with Gasteiger partial charge in [-0.25, -0.2) is 9.78 Å². The van der Waals surface area contributed by atoms with Crippen molar-refractivity contribution in [3.05, 3.63) is 42.4 Å². The zero-order chi connectivity index (χ0) is 17.6. The summed E-state index contributed by atoms with van der Waals surface area (Å²) in [6, 6.07) is 6.69. The number of nitrogens with one attached hydrogen (secondary N) is 2. The van der Waals surface area contributed by atoms with E-state index in [2.05, 4.69) is 15.6 Å². The molecule has 1 aliphatic heterocycles. The number of hydrogen-bond donors (Lipinski definition) is 3. The molecule has 3 rings (SSSR count). The summed E-state index contributed by atoms with van der Waals surface area (Å²) in [6.45, 7) is 1.56. The van der Waals surface area contributed by atoms with Gasteiger partial charge in [-0.15, -0.1) is 0 Å². The minimum atomic E-state index is -1.05. The maximum absolute atomic E-state index is 12.3. The van der Waals surface area contributed by atoms with E-state index in [1.165, 1.54) is 0 Å². The first kappa shape index (κ1) is 17.0. The first-order chi connectivity index (χ1) is 12.1. The van der Waals surface area contributed by atoms with Crippen molar-refractivity contribution in [1.29, 1.82) is 0 Å². The maximum Gasteiger partial charge on any atom is 0.341 e. The van der Waals surface area contributed by atoms with Gasteiger partial charge in [-0.3, -0.25) is 4.79 Å². The van der Waals surface area contributed by atoms with Crippen LogP contribution in [0.15, 0.2) is 36.8 Å². The smallest absolute Gasteiger partial charge is 0.341 e. The molecule has 1 amide bonds. The molecule has 1 saturated heterocycles. The molecule has 1 aromatic heterocycles. The van der Waals surface area contributed by atoms with Crippen LogP contribution in [0, 0.1) is 0 Å². The minimum absolute atomic E-state index is 0.277. The van der Waals surface area contributed by atoms with Crippen molar-refractivity contribution in [2.24, 2.45) is 0 Å². The number of carbonyl (C=O) groups excluding carboxylic acids is 1. The number of piperidine rings is 1. The Balaban J connectivity index is 1.58. The van der Waals surface area contributed by atoms with E-state index < -0.39 is 12.6 Å². The van der Waals surface area contributed by atoms with Gasteiger partial charge >= 0.3 is 5.97 Å². The Bertz CT molecular complexity index is 735. The number of carbonyl (C=O) groups is 2. The normalized spacial score (nSPS) is 14.9. The van der Waals surface area contributed by atoms with Crippen molar-refractivity contribution < 1.29 is 19.4 Å². The van der Waals surface area contributed by atoms with Gasteiger partial charge in [0.15, 0.2) is 12.4 Å². The fraction of sp³-hybridized carbons (Fsp3) is 0.353. The van der Waals surface area contributed by atoms with E-state index in [9.17, 15) is 9.59 Å². The zero-order valence-corrected chi connectivity index (χ0v) is 13.6. The summed E-state index contributed by atoms with van der Waals surface area (Å²) in [4.78, 5) is 27.0. The summed E-state index contributed by atoms with van der Waals surface area (Å²) >= 11 is 0. The third-order valence-corrected chi connectivity index (χ3v) is 4.05. The van der Waals surface area contributed by atoms with Crippen LogP contribution in [0.2, 0.25) is 0 Å². The molecule has 0 spiro atoms. The number of ether oxygens (including phenoxy) is 1. The van der Waals surface area contributed by atoms with Gasteiger partial charge in [-0.1, -0.05) is 0 Å². The second-order valence-corrected chi connectivity index (χ2v) is 5.85. The van der Waals surface area contributed by atoms with Gasteiger partial charge in [0.2, 0.25) is 0 Å². The Kier molecular flexibility index (Phi) is 5.30. The van der Waals surface area contributed by atoms with Crippen LogP contribution in [0.3, 0.4) is 0 Å². The van der Waals surface area contributed by atoms with Crippen LogP contribution in [0.5, 0.6) is 5.75 Å². The number of carboxylic acids is 1. The fourth-order valence-corrected chi connectivity index (χ4v) is 2.74. The largest absolute Gasteiger partial charge is 0.482 e. The third kappa shape index (κ3) is 4.57. The molecule has 0 unspecified atom stereocenters. The molecule has 1 fully saturated rings. The molecule has 0 aliphatic carbocycles. The van der Waals surface area contributed by atoms with Gasteiger partial charge in [-0.2, -0.15) is 0 Å². The van der Waals surface area contributed by atoms with Crippen molar-refractivity contribution in [3.8, 4) is 5.75 Å². The first-order valence-electron chi connectivity index (χ1n) is 8.12. The lowest BCUT2D eigenvalue weighted by molar-refractivity contribution is -0.139. The highest BCUT2D eigenvalue weighted by Gasteiger charge is 2.16. The molecule has 3 N–H and O–H groups in total. The lowest BCUT2D eigenvalue weighted by atomic mass is 10.1. The van der Waals surface area contributed by atoms with Gasteiger partial charge in [0.1, 0.15) is 5.75 Å². The molecule has 0 radical (unpaired) electrons. The van der Waals surface area contributed by atoms with Crippen molar-refractivity contribution in [3.63, 3.8) is 0 Å². The molecule has 0 bridgehead atoms. The molecular formula is C17H20N4O4. The second kappa shape index (κ2) is 7.80. The lowest BCUT2D eigenvalue weighted by Crippen LogP contribution is -2.28. The number of anilines is 1. The highest BCUT2D eigenvalue weighted by Crippen LogP contribution is 2.20. The number of benzene rings is 1. The van der Waals surface area contributed by atoms with E-state index in [-0.39, 0.29) is 5.91 Å². The van der Waals surface area contributed by atoms with E-state index >= 15 is 0 Å². The van der Waals surface area contributed by atoms with Crippen LogP contribution in [-0.4, -0.2) is 46.2 Å². The van der Waals surface area contributed by atoms with Crippen molar-refractivity contribution in [2.75, 3.05) is 25.0 Å². The van der Waals surface area contributed by atoms with Crippen molar-refractivity contribution in [2.45, 2.75) is 18.9 Å². The number of amides is 1. The number of imidazole rings is 1. The van der Waals surface area contributed by atoms with Crippen LogP contribution >= 0.6 is 0 Å². The standard InChI is InChI=1S/C17H20N4O4/c22-16(23)10-25-14-3-1-12(2-4-14)17(24)20-15-9-21(11-19-15)13-5-7-18-8-6-13/h1-4,9,11,13,18H,5-8,10H2,(H,20,24)(H,22,23). The third-order valence-electron chi connectivity index (χ3n) is 4.05. The summed E-state index contributed by atoms with van der Waals surface area (Å²) in [5, 5.41) is 14.7. The maximum atomic E-state index is 12.3. The predicted octanol–water partition coefficient (Wildman–Crippen LogP) is 1.52. The Labute approximate surface area is 144 Å². The molecule has 132 valence electrons. The van der Waals surface area contributed by atoms with E-state index in [4.69, 9.17) is 9.84 Å². The van der Waals surface area contributed by atoms with E-state index in [0.29, 0.717) is 23.2 Å². The number of aromatic nitrogens is 2. The molecule has 1 aliphatic rings. The SMILES string of the molecule is O=C(O)COc1ccc(C(=O)Nc2cn(C3CCNCC3)cn2)cc1. The topological polar surface area (TPSA) is 105 Å². The quantitative estimate of drug-likeness (QED) is 0.734. The molecule has 8 nitrogen and oxygen atoms in total. The molecule has 0 saturated carbocycles.